The van der Waals surface area contributed by atoms with Crippen molar-refractivity contribution in [1.29, 1.82) is 5.26 Å². The van der Waals surface area contributed by atoms with Gasteiger partial charge in [0, 0.05) is 37.7 Å². The number of carbonyl (C=O) groups is 1. The first-order valence-corrected chi connectivity index (χ1v) is 13.1. The van der Waals surface area contributed by atoms with Gasteiger partial charge in [-0.15, -0.1) is 0 Å². The molecular formula is C30H33N7O3. The average molecular weight is 540 g/mol. The summed E-state index contributed by atoms with van der Waals surface area (Å²) in [6, 6.07) is 19.8. The second-order valence-corrected chi connectivity index (χ2v) is 9.17. The Morgan fingerprint density at radius 1 is 1.07 bits per heavy atom. The van der Waals surface area contributed by atoms with Gasteiger partial charge in [-0.25, -0.2) is 14.5 Å². The number of ether oxygens (including phenoxy) is 2. The summed E-state index contributed by atoms with van der Waals surface area (Å²) in [5, 5.41) is 23.3. The fourth-order valence-corrected chi connectivity index (χ4v) is 3.92. The second-order valence-electron chi connectivity index (χ2n) is 9.17. The molecule has 0 saturated carbocycles. The second kappa shape index (κ2) is 13.8. The standard InChI is InChI=1S/C30H33N7O3/c1-4-5-6-24-18-29(37(36-24)25-10-7-21(2)8-11-25)35-30(38)34-23-9-12-27(22(17-23)20-31)40-26-13-14-32-28(19-26)33-15-16-39-3/h7-14,17-19H,4-6,15-16H2,1-3H3,(H,32,33)(H2,34,35,38). The third kappa shape index (κ3) is 7.58. The lowest BCUT2D eigenvalue weighted by Gasteiger charge is -2.12. The van der Waals surface area contributed by atoms with Crippen molar-refractivity contribution in [2.75, 3.05) is 36.2 Å². The molecule has 0 spiro atoms. The Kier molecular flexibility index (Phi) is 9.69. The molecule has 4 rings (SSSR count). The van der Waals surface area contributed by atoms with Crippen LogP contribution in [0.25, 0.3) is 5.69 Å². The molecule has 0 aliphatic carbocycles. The number of unbranched alkanes of at least 4 members (excludes halogenated alkanes) is 1. The molecule has 0 atom stereocenters. The number of benzene rings is 2. The first-order chi connectivity index (χ1) is 19.5. The van der Waals surface area contributed by atoms with E-state index in [1.165, 1.54) is 0 Å². The Bertz CT molecular complexity index is 1480. The van der Waals surface area contributed by atoms with Gasteiger partial charge >= 0.3 is 6.03 Å². The summed E-state index contributed by atoms with van der Waals surface area (Å²) in [4.78, 5) is 17.2. The number of aryl methyl sites for hydroxylation is 2. The summed E-state index contributed by atoms with van der Waals surface area (Å²) in [5.41, 5.74) is 3.61. The predicted molar refractivity (Wildman–Crippen MR) is 155 cm³/mol. The van der Waals surface area contributed by atoms with Crippen LogP contribution in [0.15, 0.2) is 66.9 Å². The largest absolute Gasteiger partial charge is 0.456 e. The number of pyridine rings is 1. The Balaban J connectivity index is 1.46. The van der Waals surface area contributed by atoms with Crippen LogP contribution < -0.4 is 20.7 Å². The maximum atomic E-state index is 13.0. The Hall–Kier alpha value is -4.88. The fraction of sp³-hybridized carbons (Fsp3) is 0.267. The van der Waals surface area contributed by atoms with Crippen molar-refractivity contribution >= 4 is 23.4 Å². The van der Waals surface area contributed by atoms with Crippen molar-refractivity contribution in [3.8, 4) is 23.3 Å². The average Bonchev–Trinajstić information content (AvgIpc) is 3.35. The van der Waals surface area contributed by atoms with E-state index in [0.717, 1.165) is 36.2 Å². The normalized spacial score (nSPS) is 10.6. The maximum absolute atomic E-state index is 13.0. The van der Waals surface area contributed by atoms with E-state index >= 15 is 0 Å². The van der Waals surface area contributed by atoms with Gasteiger partial charge in [0.05, 0.1) is 23.6 Å². The van der Waals surface area contributed by atoms with Crippen LogP contribution in [0.1, 0.15) is 36.6 Å². The van der Waals surface area contributed by atoms with E-state index in [4.69, 9.17) is 14.6 Å². The molecular weight excluding hydrogens is 506 g/mol. The lowest BCUT2D eigenvalue weighted by Crippen LogP contribution is -2.21. The number of hydrogen-bond acceptors (Lipinski definition) is 7. The first-order valence-electron chi connectivity index (χ1n) is 13.1. The van der Waals surface area contributed by atoms with Crippen molar-refractivity contribution < 1.29 is 14.3 Å². The molecule has 10 nitrogen and oxygen atoms in total. The summed E-state index contributed by atoms with van der Waals surface area (Å²) < 4.78 is 12.7. The number of hydrogen-bond donors (Lipinski definition) is 3. The van der Waals surface area contributed by atoms with Crippen LogP contribution in [0.2, 0.25) is 0 Å². The molecule has 3 N–H and O–H groups in total. The number of carbonyl (C=O) groups excluding carboxylic acids is 1. The Morgan fingerprint density at radius 2 is 1.90 bits per heavy atom. The number of urea groups is 1. The monoisotopic (exact) mass is 539 g/mol. The number of amides is 2. The number of aromatic nitrogens is 3. The van der Waals surface area contributed by atoms with Gasteiger partial charge in [0.1, 0.15) is 29.2 Å². The first kappa shape index (κ1) is 28.1. The molecule has 0 bridgehead atoms. The van der Waals surface area contributed by atoms with E-state index in [9.17, 15) is 10.1 Å². The smallest absolute Gasteiger partial charge is 0.324 e. The number of anilines is 3. The highest BCUT2D eigenvalue weighted by Gasteiger charge is 2.14. The zero-order valence-corrected chi connectivity index (χ0v) is 22.9. The van der Waals surface area contributed by atoms with E-state index in [1.807, 2.05) is 37.3 Å². The van der Waals surface area contributed by atoms with Crippen LogP contribution in [0.4, 0.5) is 22.1 Å². The van der Waals surface area contributed by atoms with Gasteiger partial charge < -0.3 is 20.1 Å². The van der Waals surface area contributed by atoms with E-state index < -0.39 is 6.03 Å². The lowest BCUT2D eigenvalue weighted by molar-refractivity contribution is 0.210. The third-order valence-electron chi connectivity index (χ3n) is 6.00. The highest BCUT2D eigenvalue weighted by molar-refractivity contribution is 5.99. The molecule has 0 aliphatic heterocycles. The van der Waals surface area contributed by atoms with E-state index in [2.05, 4.69) is 33.9 Å². The molecule has 206 valence electrons. The van der Waals surface area contributed by atoms with Crippen LogP contribution in [0, 0.1) is 18.3 Å². The molecule has 40 heavy (non-hydrogen) atoms. The molecule has 2 amide bonds. The lowest BCUT2D eigenvalue weighted by atomic mass is 10.2. The van der Waals surface area contributed by atoms with Gasteiger partial charge in [-0.3, -0.25) is 5.32 Å². The van der Waals surface area contributed by atoms with Crippen molar-refractivity contribution in [1.82, 2.24) is 14.8 Å². The number of methoxy groups -OCH3 is 1. The summed E-state index contributed by atoms with van der Waals surface area (Å²) in [6.07, 6.45) is 4.49. The zero-order chi connectivity index (χ0) is 28.3. The van der Waals surface area contributed by atoms with E-state index in [0.29, 0.717) is 42.0 Å². The van der Waals surface area contributed by atoms with Crippen LogP contribution in [-0.2, 0) is 11.2 Å². The molecule has 0 fully saturated rings. The third-order valence-corrected chi connectivity index (χ3v) is 6.00. The molecule has 2 aromatic carbocycles. The molecule has 0 unspecified atom stereocenters. The summed E-state index contributed by atoms with van der Waals surface area (Å²) in [5.74, 6) is 2.07. The van der Waals surface area contributed by atoms with Crippen LogP contribution in [0.5, 0.6) is 11.5 Å². The SMILES string of the molecule is CCCCc1cc(NC(=O)Nc2ccc(Oc3ccnc(NCCOC)c3)c(C#N)c2)n(-c2ccc(C)cc2)n1. The topological polar surface area (TPSA) is 126 Å². The summed E-state index contributed by atoms with van der Waals surface area (Å²) >= 11 is 0. The maximum Gasteiger partial charge on any atom is 0.324 e. The van der Waals surface area contributed by atoms with E-state index in [1.54, 1.807) is 48.3 Å². The highest BCUT2D eigenvalue weighted by Crippen LogP contribution is 2.28. The number of nitriles is 1. The van der Waals surface area contributed by atoms with Gasteiger partial charge in [-0.2, -0.15) is 10.4 Å². The number of nitrogens with zero attached hydrogens (tertiary/aromatic N) is 4. The predicted octanol–water partition coefficient (Wildman–Crippen LogP) is 6.28. The minimum atomic E-state index is -0.450. The van der Waals surface area contributed by atoms with Crippen LogP contribution in [0.3, 0.4) is 0 Å². The van der Waals surface area contributed by atoms with Gasteiger partial charge in [-0.05, 0) is 56.2 Å². The van der Waals surface area contributed by atoms with Crippen LogP contribution in [-0.4, -0.2) is 41.1 Å². The van der Waals surface area contributed by atoms with Crippen molar-refractivity contribution in [3.63, 3.8) is 0 Å². The molecule has 10 heteroatoms. The highest BCUT2D eigenvalue weighted by atomic mass is 16.5. The minimum Gasteiger partial charge on any atom is -0.456 e. The molecule has 0 saturated heterocycles. The Morgan fingerprint density at radius 3 is 2.65 bits per heavy atom. The fourth-order valence-electron chi connectivity index (χ4n) is 3.92. The van der Waals surface area contributed by atoms with Crippen molar-refractivity contribution in [3.05, 3.63) is 83.7 Å². The number of rotatable bonds is 12. The van der Waals surface area contributed by atoms with Crippen LogP contribution >= 0.6 is 0 Å². The molecule has 0 radical (unpaired) electrons. The molecule has 2 aromatic heterocycles. The van der Waals surface area contributed by atoms with E-state index in [-0.39, 0.29) is 5.56 Å². The molecule has 4 aromatic rings. The molecule has 2 heterocycles. The summed E-state index contributed by atoms with van der Waals surface area (Å²) in [7, 11) is 1.63. The van der Waals surface area contributed by atoms with Gasteiger partial charge in [0.15, 0.2) is 0 Å². The van der Waals surface area contributed by atoms with Crippen molar-refractivity contribution in [2.45, 2.75) is 33.1 Å². The number of nitrogens with one attached hydrogen (secondary N) is 3. The van der Waals surface area contributed by atoms with Gasteiger partial charge in [-0.1, -0.05) is 31.0 Å². The quantitative estimate of drug-likeness (QED) is 0.181. The zero-order valence-electron chi connectivity index (χ0n) is 22.9. The summed E-state index contributed by atoms with van der Waals surface area (Å²) in [6.45, 7) is 5.30. The van der Waals surface area contributed by atoms with Gasteiger partial charge in [0.2, 0.25) is 0 Å². The van der Waals surface area contributed by atoms with Gasteiger partial charge in [0.25, 0.3) is 0 Å². The Labute approximate surface area is 234 Å². The van der Waals surface area contributed by atoms with Crippen molar-refractivity contribution in [2.24, 2.45) is 0 Å². The minimum absolute atomic E-state index is 0.273. The molecule has 0 aliphatic rings.